The Hall–Kier alpha value is -2.51. The monoisotopic (exact) mass is 366 g/mol. The van der Waals surface area contributed by atoms with Gasteiger partial charge in [-0.1, -0.05) is 11.6 Å². The van der Waals surface area contributed by atoms with Crippen LogP contribution in [0.3, 0.4) is 0 Å². The van der Waals surface area contributed by atoms with Crippen molar-refractivity contribution in [2.24, 2.45) is 0 Å². The molecule has 0 aromatic heterocycles. The number of nitrogens with one attached hydrogen (secondary N) is 2. The maximum Gasteiger partial charge on any atom is 0.257 e. The summed E-state index contributed by atoms with van der Waals surface area (Å²) >= 11 is 11.1. The summed E-state index contributed by atoms with van der Waals surface area (Å²) < 4.78 is 10.1. The second-order valence-corrected chi connectivity index (χ2v) is 5.46. The normalized spacial score (nSPS) is 9.96. The number of rotatable bonds is 4. The summed E-state index contributed by atoms with van der Waals surface area (Å²) in [6.07, 6.45) is 0. The van der Waals surface area contributed by atoms with E-state index in [0.717, 1.165) is 0 Å². The van der Waals surface area contributed by atoms with Gasteiger partial charge in [0.25, 0.3) is 5.91 Å². The third-order valence-corrected chi connectivity index (χ3v) is 3.59. The van der Waals surface area contributed by atoms with Gasteiger partial charge in [-0.3, -0.25) is 10.1 Å². The number of phenolic OH excluding ortho intramolecular Hbond substituents is 1. The Balaban J connectivity index is 2.07. The molecule has 24 heavy (non-hydrogen) atoms. The van der Waals surface area contributed by atoms with Crippen LogP contribution in [0.15, 0.2) is 36.4 Å². The summed E-state index contributed by atoms with van der Waals surface area (Å²) in [5.41, 5.74) is 0.632. The summed E-state index contributed by atoms with van der Waals surface area (Å²) in [4.78, 5) is 12.2. The fourth-order valence-electron chi connectivity index (χ4n) is 1.88. The Bertz CT molecular complexity index is 783. The lowest BCUT2D eigenvalue weighted by molar-refractivity contribution is 0.0977. The number of methoxy groups -OCH3 is 2. The van der Waals surface area contributed by atoms with Gasteiger partial charge in [0.05, 0.1) is 24.9 Å². The highest BCUT2D eigenvalue weighted by atomic mass is 35.5. The Morgan fingerprint density at radius 2 is 1.92 bits per heavy atom. The van der Waals surface area contributed by atoms with Crippen LogP contribution in [0.5, 0.6) is 17.2 Å². The highest BCUT2D eigenvalue weighted by molar-refractivity contribution is 7.80. The van der Waals surface area contributed by atoms with Crippen molar-refractivity contribution >= 4 is 40.5 Å². The molecule has 0 radical (unpaired) electrons. The van der Waals surface area contributed by atoms with Crippen LogP contribution in [0.2, 0.25) is 5.02 Å². The largest absolute Gasteiger partial charge is 0.506 e. The predicted octanol–water partition coefficient (Wildman–Crippen LogP) is 3.19. The molecule has 0 atom stereocenters. The van der Waals surface area contributed by atoms with E-state index in [2.05, 4.69) is 10.6 Å². The molecule has 0 aliphatic heterocycles. The summed E-state index contributed by atoms with van der Waals surface area (Å²) in [6.45, 7) is 0. The number of ether oxygens (including phenoxy) is 2. The average Bonchev–Trinajstić information content (AvgIpc) is 2.56. The van der Waals surface area contributed by atoms with Crippen molar-refractivity contribution in [3.05, 3.63) is 47.0 Å². The number of anilines is 1. The molecule has 0 spiro atoms. The minimum atomic E-state index is -0.445. The molecule has 8 heteroatoms. The van der Waals surface area contributed by atoms with Gasteiger partial charge in [0, 0.05) is 11.6 Å². The third-order valence-electron chi connectivity index (χ3n) is 3.09. The van der Waals surface area contributed by atoms with E-state index in [0.29, 0.717) is 27.8 Å². The van der Waals surface area contributed by atoms with Crippen LogP contribution in [-0.2, 0) is 0 Å². The summed E-state index contributed by atoms with van der Waals surface area (Å²) in [7, 11) is 2.99. The number of hydrogen-bond acceptors (Lipinski definition) is 5. The first-order valence-electron chi connectivity index (χ1n) is 6.77. The van der Waals surface area contributed by atoms with E-state index < -0.39 is 5.91 Å². The molecule has 0 saturated carbocycles. The van der Waals surface area contributed by atoms with Gasteiger partial charge in [-0.05, 0) is 42.5 Å². The van der Waals surface area contributed by atoms with Crippen molar-refractivity contribution in [3.8, 4) is 17.2 Å². The van der Waals surface area contributed by atoms with Gasteiger partial charge in [0.2, 0.25) is 0 Å². The molecule has 2 aromatic carbocycles. The van der Waals surface area contributed by atoms with E-state index in [-0.39, 0.29) is 10.9 Å². The molecule has 0 aliphatic carbocycles. The predicted molar refractivity (Wildman–Crippen MR) is 96.3 cm³/mol. The third kappa shape index (κ3) is 4.27. The molecule has 2 rings (SSSR count). The highest BCUT2D eigenvalue weighted by Crippen LogP contribution is 2.28. The molecule has 0 heterocycles. The number of thiocarbonyl (C=S) groups is 1. The van der Waals surface area contributed by atoms with Crippen molar-refractivity contribution in [2.45, 2.75) is 0 Å². The van der Waals surface area contributed by atoms with Gasteiger partial charge in [0.1, 0.15) is 17.2 Å². The Morgan fingerprint density at radius 3 is 2.54 bits per heavy atom. The van der Waals surface area contributed by atoms with Gasteiger partial charge < -0.3 is 19.9 Å². The maximum absolute atomic E-state index is 12.2. The average molecular weight is 367 g/mol. The molecular formula is C16H15ClN2O4S. The van der Waals surface area contributed by atoms with Crippen LogP contribution < -0.4 is 20.1 Å². The number of benzene rings is 2. The Labute approximate surface area is 149 Å². The first kappa shape index (κ1) is 17.8. The van der Waals surface area contributed by atoms with Gasteiger partial charge in [-0.25, -0.2) is 0 Å². The summed E-state index contributed by atoms with van der Waals surface area (Å²) in [5, 5.41) is 15.4. The van der Waals surface area contributed by atoms with Gasteiger partial charge in [0.15, 0.2) is 5.11 Å². The van der Waals surface area contributed by atoms with Crippen LogP contribution >= 0.6 is 23.8 Å². The first-order chi connectivity index (χ1) is 11.4. The van der Waals surface area contributed by atoms with Crippen LogP contribution in [0.1, 0.15) is 10.4 Å². The van der Waals surface area contributed by atoms with Crippen molar-refractivity contribution in [2.75, 3.05) is 19.5 Å². The molecule has 3 N–H and O–H groups in total. The molecule has 0 unspecified atom stereocenters. The fourth-order valence-corrected chi connectivity index (χ4v) is 2.34. The standard InChI is InChI=1S/C16H15ClN2O4S/c1-22-10-4-5-13(20)12(8-10)18-16(24)19-15(21)9-3-6-14(23-2)11(17)7-9/h3-8,20H,1-2H3,(H2,18,19,21,24). The minimum Gasteiger partial charge on any atom is -0.506 e. The van der Waals surface area contributed by atoms with E-state index in [1.165, 1.54) is 26.4 Å². The van der Waals surface area contributed by atoms with Gasteiger partial charge in [-0.15, -0.1) is 0 Å². The number of phenols is 1. The molecule has 1 amide bonds. The zero-order valence-electron chi connectivity index (χ0n) is 12.9. The number of amides is 1. The van der Waals surface area contributed by atoms with Crippen LogP contribution in [-0.4, -0.2) is 30.3 Å². The number of carbonyl (C=O) groups is 1. The van der Waals surface area contributed by atoms with Crippen LogP contribution in [0.25, 0.3) is 0 Å². The Morgan fingerprint density at radius 1 is 1.17 bits per heavy atom. The molecule has 126 valence electrons. The van der Waals surface area contributed by atoms with Gasteiger partial charge in [-0.2, -0.15) is 0 Å². The number of halogens is 1. The minimum absolute atomic E-state index is 0.0236. The molecule has 6 nitrogen and oxygen atoms in total. The zero-order valence-corrected chi connectivity index (χ0v) is 14.5. The van der Waals surface area contributed by atoms with E-state index >= 15 is 0 Å². The number of hydrogen-bond donors (Lipinski definition) is 3. The van der Waals surface area contributed by atoms with Gasteiger partial charge >= 0.3 is 0 Å². The first-order valence-corrected chi connectivity index (χ1v) is 7.56. The van der Waals surface area contributed by atoms with Crippen molar-refractivity contribution in [1.29, 1.82) is 0 Å². The molecule has 0 saturated heterocycles. The van der Waals surface area contributed by atoms with E-state index in [4.69, 9.17) is 33.3 Å². The van der Waals surface area contributed by atoms with Crippen molar-refractivity contribution < 1.29 is 19.4 Å². The van der Waals surface area contributed by atoms with E-state index in [1.807, 2.05) is 0 Å². The molecule has 0 fully saturated rings. The fraction of sp³-hybridized carbons (Fsp3) is 0.125. The lowest BCUT2D eigenvalue weighted by Gasteiger charge is -2.12. The highest BCUT2D eigenvalue weighted by Gasteiger charge is 2.12. The zero-order chi connectivity index (χ0) is 17.7. The molecule has 0 aliphatic rings. The number of aromatic hydroxyl groups is 1. The second-order valence-electron chi connectivity index (χ2n) is 4.64. The summed E-state index contributed by atoms with van der Waals surface area (Å²) in [6, 6.07) is 9.23. The summed E-state index contributed by atoms with van der Waals surface area (Å²) in [5.74, 6) is 0.529. The van der Waals surface area contributed by atoms with Crippen LogP contribution in [0.4, 0.5) is 5.69 Å². The quantitative estimate of drug-likeness (QED) is 0.569. The lowest BCUT2D eigenvalue weighted by atomic mass is 10.2. The van der Waals surface area contributed by atoms with E-state index in [9.17, 15) is 9.90 Å². The topological polar surface area (TPSA) is 79.8 Å². The lowest BCUT2D eigenvalue weighted by Crippen LogP contribution is -2.34. The SMILES string of the molecule is COc1ccc(O)c(NC(=S)NC(=O)c2ccc(OC)c(Cl)c2)c1. The Kier molecular flexibility index (Phi) is 5.83. The maximum atomic E-state index is 12.2. The molecule has 2 aromatic rings. The van der Waals surface area contributed by atoms with Crippen molar-refractivity contribution in [3.63, 3.8) is 0 Å². The molecule has 0 bridgehead atoms. The number of carbonyl (C=O) groups excluding carboxylic acids is 1. The second kappa shape index (κ2) is 7.85. The van der Waals surface area contributed by atoms with E-state index in [1.54, 1.807) is 24.3 Å². The van der Waals surface area contributed by atoms with Crippen LogP contribution in [0, 0.1) is 0 Å². The van der Waals surface area contributed by atoms with Crippen molar-refractivity contribution in [1.82, 2.24) is 5.32 Å². The smallest absolute Gasteiger partial charge is 0.257 e. The molecular weight excluding hydrogens is 352 g/mol.